The average Bonchev–Trinajstić information content (AvgIpc) is 3.78. The lowest BCUT2D eigenvalue weighted by Crippen LogP contribution is -2.19. The number of aromatic nitrogens is 3. The van der Waals surface area contributed by atoms with Gasteiger partial charge < -0.3 is 21.1 Å². The summed E-state index contributed by atoms with van der Waals surface area (Å²) in [5.41, 5.74) is 15.0. The first-order valence-corrected chi connectivity index (χ1v) is 14.8. The molecule has 5 N–H and O–H groups in total. The van der Waals surface area contributed by atoms with Crippen LogP contribution in [-0.4, -0.2) is 38.6 Å². The van der Waals surface area contributed by atoms with E-state index in [4.69, 9.17) is 5.73 Å². The lowest BCUT2D eigenvalue weighted by Gasteiger charge is -2.13. The molecule has 0 saturated heterocycles. The number of carbonyl (C=O) groups is 1. The lowest BCUT2D eigenvalue weighted by molar-refractivity contribution is 0.102. The summed E-state index contributed by atoms with van der Waals surface area (Å²) >= 11 is 0. The Morgan fingerprint density at radius 1 is 1.05 bits per heavy atom. The zero-order valence-corrected chi connectivity index (χ0v) is 23.9. The van der Waals surface area contributed by atoms with Crippen molar-refractivity contribution in [3.05, 3.63) is 101 Å². The third-order valence-electron chi connectivity index (χ3n) is 8.27. The molecule has 7 nitrogen and oxygen atoms in total. The minimum Gasteiger partial charge on any atom is -0.392 e. The van der Waals surface area contributed by atoms with Crippen LogP contribution in [0.3, 0.4) is 0 Å². The first-order chi connectivity index (χ1) is 20.5. The van der Waals surface area contributed by atoms with Gasteiger partial charge in [-0.2, -0.15) is 0 Å². The minimum atomic E-state index is -0.401. The SMILES string of the molecule is Cc1c(NC(=O)c2ccc(C3CC3)cc2)cccc1-c1ncnc2[nH]c(-c3ccc(CCCCC(O)CN)cc3)cc12. The number of fused-ring (bicyclic) bond motifs is 1. The molecule has 5 aromatic rings. The molecule has 7 heteroatoms. The second-order valence-corrected chi connectivity index (χ2v) is 11.3. The maximum Gasteiger partial charge on any atom is 0.255 e. The zero-order chi connectivity index (χ0) is 29.1. The van der Waals surface area contributed by atoms with E-state index in [0.717, 1.165) is 70.5 Å². The van der Waals surface area contributed by atoms with Crippen molar-refractivity contribution in [1.82, 2.24) is 15.0 Å². The normalized spacial score (nSPS) is 13.8. The maximum absolute atomic E-state index is 13.1. The van der Waals surface area contributed by atoms with Gasteiger partial charge in [-0.15, -0.1) is 0 Å². The van der Waals surface area contributed by atoms with E-state index in [1.54, 1.807) is 6.33 Å². The Morgan fingerprint density at radius 2 is 1.83 bits per heavy atom. The number of amides is 1. The molecule has 214 valence electrons. The number of aromatic amines is 1. The van der Waals surface area contributed by atoms with E-state index >= 15 is 0 Å². The van der Waals surface area contributed by atoms with Crippen LogP contribution >= 0.6 is 0 Å². The van der Waals surface area contributed by atoms with Gasteiger partial charge in [0.1, 0.15) is 12.0 Å². The highest BCUT2D eigenvalue weighted by Gasteiger charge is 2.23. The Hall–Kier alpha value is -4.33. The molecule has 42 heavy (non-hydrogen) atoms. The molecule has 3 aromatic carbocycles. The van der Waals surface area contributed by atoms with Crippen molar-refractivity contribution in [2.75, 3.05) is 11.9 Å². The molecule has 1 aliphatic carbocycles. The maximum atomic E-state index is 13.1. The highest BCUT2D eigenvalue weighted by Crippen LogP contribution is 2.40. The summed E-state index contributed by atoms with van der Waals surface area (Å²) in [5, 5.41) is 13.7. The molecule has 1 atom stereocenters. The number of aliphatic hydroxyl groups excluding tert-OH is 1. The average molecular weight is 560 g/mol. The van der Waals surface area contributed by atoms with Crippen molar-refractivity contribution in [2.24, 2.45) is 5.73 Å². The van der Waals surface area contributed by atoms with Crippen LogP contribution in [0.1, 0.15) is 65.1 Å². The topological polar surface area (TPSA) is 117 Å². The fourth-order valence-corrected chi connectivity index (χ4v) is 5.53. The third kappa shape index (κ3) is 6.12. The van der Waals surface area contributed by atoms with Crippen molar-refractivity contribution in [2.45, 2.75) is 57.5 Å². The van der Waals surface area contributed by atoms with Gasteiger partial charge in [0, 0.05) is 34.4 Å². The Bertz CT molecular complexity index is 1690. The molecule has 0 aliphatic heterocycles. The molecular weight excluding hydrogens is 522 g/mol. The number of nitrogens with zero attached hydrogens (tertiary/aromatic N) is 2. The number of aryl methyl sites for hydroxylation is 1. The number of hydrogen-bond acceptors (Lipinski definition) is 5. The monoisotopic (exact) mass is 559 g/mol. The Morgan fingerprint density at radius 3 is 2.57 bits per heavy atom. The predicted molar refractivity (Wildman–Crippen MR) is 168 cm³/mol. The summed E-state index contributed by atoms with van der Waals surface area (Å²) < 4.78 is 0. The Balaban J connectivity index is 1.19. The summed E-state index contributed by atoms with van der Waals surface area (Å²) in [7, 11) is 0. The van der Waals surface area contributed by atoms with Gasteiger partial charge in [0.15, 0.2) is 0 Å². The van der Waals surface area contributed by atoms with E-state index in [-0.39, 0.29) is 5.91 Å². The van der Waals surface area contributed by atoms with Gasteiger partial charge in [-0.25, -0.2) is 9.97 Å². The van der Waals surface area contributed by atoms with Gasteiger partial charge in [-0.05, 0) is 91.5 Å². The van der Waals surface area contributed by atoms with Crippen LogP contribution in [0.2, 0.25) is 0 Å². The molecule has 1 aliphatic rings. The smallest absolute Gasteiger partial charge is 0.255 e. The first kappa shape index (κ1) is 27.8. The van der Waals surface area contributed by atoms with E-state index < -0.39 is 6.10 Å². The lowest BCUT2D eigenvalue weighted by atomic mass is 10.0. The van der Waals surface area contributed by atoms with E-state index in [0.29, 0.717) is 18.0 Å². The number of nitrogens with two attached hydrogens (primary N) is 1. The van der Waals surface area contributed by atoms with Gasteiger partial charge in [-0.1, -0.05) is 55.0 Å². The zero-order valence-electron chi connectivity index (χ0n) is 23.9. The molecule has 1 unspecified atom stereocenters. The number of nitrogens with one attached hydrogen (secondary N) is 2. The molecule has 1 saturated carbocycles. The van der Waals surface area contributed by atoms with Gasteiger partial charge >= 0.3 is 0 Å². The standard InChI is InChI=1S/C35H37N5O2/c1-22-29(7-4-8-31(22)40-35(42)27-17-15-25(16-18-27)24-13-14-24)33-30-19-32(39-34(30)38-21-37-33)26-11-9-23(10-12-26)5-2-3-6-28(41)20-36/h4,7-12,15-19,21,24,28,41H,2-3,5-6,13-14,20,36H2,1H3,(H,40,42)(H,37,38,39). The van der Waals surface area contributed by atoms with Crippen molar-refractivity contribution < 1.29 is 9.90 Å². The van der Waals surface area contributed by atoms with Crippen LogP contribution in [-0.2, 0) is 6.42 Å². The summed E-state index contributed by atoms with van der Waals surface area (Å²) in [6.07, 6.45) is 7.36. The van der Waals surface area contributed by atoms with Crippen LogP contribution in [0.4, 0.5) is 5.69 Å². The molecule has 0 spiro atoms. The van der Waals surface area contributed by atoms with Gasteiger partial charge in [0.2, 0.25) is 0 Å². The number of benzene rings is 3. The van der Waals surface area contributed by atoms with Crippen LogP contribution in [0, 0.1) is 6.92 Å². The van der Waals surface area contributed by atoms with E-state index in [2.05, 4.69) is 62.7 Å². The third-order valence-corrected chi connectivity index (χ3v) is 8.27. The summed E-state index contributed by atoms with van der Waals surface area (Å²) in [4.78, 5) is 25.7. The molecule has 6 rings (SSSR count). The number of rotatable bonds is 11. The summed E-state index contributed by atoms with van der Waals surface area (Å²) in [6, 6.07) is 24.5. The molecular formula is C35H37N5O2. The second-order valence-electron chi connectivity index (χ2n) is 11.3. The van der Waals surface area contributed by atoms with Gasteiger partial charge in [0.25, 0.3) is 5.91 Å². The molecule has 0 radical (unpaired) electrons. The van der Waals surface area contributed by atoms with E-state index in [1.807, 2.05) is 37.3 Å². The number of unbranched alkanes of at least 4 members (excludes halogenated alkanes) is 1. The molecule has 2 heterocycles. The predicted octanol–water partition coefficient (Wildman–Crippen LogP) is 6.76. The minimum absolute atomic E-state index is 0.119. The van der Waals surface area contributed by atoms with Crippen molar-refractivity contribution in [3.63, 3.8) is 0 Å². The largest absolute Gasteiger partial charge is 0.392 e. The summed E-state index contributed by atoms with van der Waals surface area (Å²) in [5.74, 6) is 0.545. The van der Waals surface area contributed by atoms with Gasteiger partial charge in [-0.3, -0.25) is 4.79 Å². The second kappa shape index (κ2) is 12.3. The first-order valence-electron chi connectivity index (χ1n) is 14.8. The van der Waals surface area contributed by atoms with Crippen LogP contribution in [0.5, 0.6) is 0 Å². The fourth-order valence-electron chi connectivity index (χ4n) is 5.53. The van der Waals surface area contributed by atoms with E-state index in [9.17, 15) is 9.90 Å². The highest BCUT2D eigenvalue weighted by molar-refractivity contribution is 6.05. The Labute approximate surface area is 246 Å². The highest BCUT2D eigenvalue weighted by atomic mass is 16.3. The van der Waals surface area contributed by atoms with Crippen molar-refractivity contribution >= 4 is 22.6 Å². The molecule has 0 bridgehead atoms. The number of carbonyl (C=O) groups excluding carboxylic acids is 1. The van der Waals surface area contributed by atoms with Crippen LogP contribution in [0.15, 0.2) is 79.1 Å². The van der Waals surface area contributed by atoms with Gasteiger partial charge in [0.05, 0.1) is 11.8 Å². The fraction of sp³-hybridized carbons (Fsp3) is 0.286. The number of hydrogen-bond donors (Lipinski definition) is 4. The number of aliphatic hydroxyl groups is 1. The van der Waals surface area contributed by atoms with Crippen LogP contribution in [0.25, 0.3) is 33.5 Å². The quantitative estimate of drug-likeness (QED) is 0.133. The molecule has 1 amide bonds. The van der Waals surface area contributed by atoms with Crippen LogP contribution < -0.4 is 11.1 Å². The Kier molecular flexibility index (Phi) is 8.13. The van der Waals surface area contributed by atoms with Crippen molar-refractivity contribution in [3.8, 4) is 22.5 Å². The summed E-state index contributed by atoms with van der Waals surface area (Å²) in [6.45, 7) is 2.33. The number of anilines is 1. The van der Waals surface area contributed by atoms with E-state index in [1.165, 1.54) is 24.0 Å². The number of H-pyrrole nitrogens is 1. The van der Waals surface area contributed by atoms with Crippen molar-refractivity contribution in [1.29, 1.82) is 0 Å². The molecule has 1 fully saturated rings. The molecule has 2 aromatic heterocycles.